The summed E-state index contributed by atoms with van der Waals surface area (Å²) in [4.78, 5) is 0. The molecule has 0 amide bonds. The molecule has 3 aliphatic carbocycles. The Morgan fingerprint density at radius 1 is 1.10 bits per heavy atom. The predicted molar refractivity (Wildman–Crippen MR) is 37.4 cm³/mol. The molecule has 2 bridgehead atoms. The highest BCUT2D eigenvalue weighted by Crippen LogP contribution is 2.46. The van der Waals surface area contributed by atoms with Crippen LogP contribution in [0.15, 0.2) is 0 Å². The van der Waals surface area contributed by atoms with E-state index in [0.29, 0.717) is 6.10 Å². The van der Waals surface area contributed by atoms with Crippen molar-refractivity contribution in [2.24, 2.45) is 11.8 Å². The van der Waals surface area contributed by atoms with Gasteiger partial charge in [0.05, 0.1) is 6.10 Å². The molecule has 0 aromatic heterocycles. The van der Waals surface area contributed by atoms with E-state index in [4.69, 9.17) is 9.84 Å². The van der Waals surface area contributed by atoms with Gasteiger partial charge in [-0.05, 0) is 37.5 Å². The number of hydrogen-bond acceptors (Lipinski definition) is 2. The maximum absolute atomic E-state index is 8.50. The lowest BCUT2D eigenvalue weighted by atomic mass is 9.64. The van der Waals surface area contributed by atoms with Gasteiger partial charge in [-0.2, -0.15) is 0 Å². The molecule has 2 heteroatoms. The Hall–Kier alpha value is -0.0800. The highest BCUT2D eigenvalue weighted by atomic mass is 16.6. The molecule has 0 saturated heterocycles. The molecule has 10 heavy (non-hydrogen) atoms. The quantitative estimate of drug-likeness (QED) is 0.586. The van der Waals surface area contributed by atoms with Crippen LogP contribution in [0.2, 0.25) is 0 Å². The first-order valence-electron chi connectivity index (χ1n) is 4.11. The summed E-state index contributed by atoms with van der Waals surface area (Å²) in [5.41, 5.74) is 0. The monoisotopic (exact) mass is 142 g/mol. The minimum absolute atomic E-state index is 0.0931. The van der Waals surface area contributed by atoms with Crippen LogP contribution < -0.4 is 0 Å². The van der Waals surface area contributed by atoms with Gasteiger partial charge in [0.15, 0.2) is 0 Å². The van der Waals surface area contributed by atoms with Gasteiger partial charge in [-0.1, -0.05) is 0 Å². The van der Waals surface area contributed by atoms with E-state index in [1.807, 2.05) is 0 Å². The van der Waals surface area contributed by atoms with Crippen LogP contribution in [0, 0.1) is 11.8 Å². The van der Waals surface area contributed by atoms with Crippen LogP contribution in [-0.4, -0.2) is 18.0 Å². The maximum Gasteiger partial charge on any atom is 0.143 e. The summed E-state index contributed by atoms with van der Waals surface area (Å²) in [6.07, 6.45) is 5.60. The van der Waals surface area contributed by atoms with Gasteiger partial charge in [0.25, 0.3) is 0 Å². The third-order valence-corrected chi connectivity index (χ3v) is 2.84. The van der Waals surface area contributed by atoms with Crippen molar-refractivity contribution in [1.29, 1.82) is 0 Å². The van der Waals surface area contributed by atoms with Crippen LogP contribution in [-0.2, 0) is 4.74 Å². The van der Waals surface area contributed by atoms with Crippen LogP contribution in [0.25, 0.3) is 0 Å². The van der Waals surface area contributed by atoms with Crippen molar-refractivity contribution in [3.8, 4) is 0 Å². The fourth-order valence-electron chi connectivity index (χ4n) is 2.34. The van der Waals surface area contributed by atoms with Crippen molar-refractivity contribution >= 4 is 0 Å². The third kappa shape index (κ3) is 1.06. The van der Waals surface area contributed by atoms with E-state index in [2.05, 4.69) is 0 Å². The van der Waals surface area contributed by atoms with Crippen molar-refractivity contribution in [2.45, 2.75) is 31.8 Å². The Bertz CT molecular complexity index is 108. The van der Waals surface area contributed by atoms with Gasteiger partial charge in [-0.15, -0.1) is 0 Å². The average Bonchev–Trinajstić information content (AvgIpc) is 1.87. The van der Waals surface area contributed by atoms with Gasteiger partial charge in [-0.25, -0.2) is 0 Å². The zero-order valence-corrected chi connectivity index (χ0v) is 6.12. The van der Waals surface area contributed by atoms with Crippen LogP contribution in [0.1, 0.15) is 25.7 Å². The molecular formula is C8H14O2. The number of aliphatic hydroxyl groups is 1. The normalized spacial score (nSPS) is 44.7. The zero-order valence-electron chi connectivity index (χ0n) is 6.12. The molecule has 3 saturated carbocycles. The van der Waals surface area contributed by atoms with Gasteiger partial charge < -0.3 is 9.84 Å². The number of ether oxygens (including phenoxy) is 1. The second-order valence-corrected chi connectivity index (χ2v) is 3.59. The van der Waals surface area contributed by atoms with Gasteiger partial charge >= 0.3 is 0 Å². The van der Waals surface area contributed by atoms with Crippen molar-refractivity contribution in [3.05, 3.63) is 0 Å². The van der Waals surface area contributed by atoms with E-state index in [1.54, 1.807) is 0 Å². The molecular weight excluding hydrogens is 128 g/mol. The van der Waals surface area contributed by atoms with Crippen LogP contribution in [0.4, 0.5) is 0 Å². The molecule has 0 atom stereocenters. The first-order valence-corrected chi connectivity index (χ1v) is 4.11. The highest BCUT2D eigenvalue weighted by Gasteiger charge is 2.38. The second kappa shape index (κ2) is 2.51. The Morgan fingerprint density at radius 3 is 2.20 bits per heavy atom. The molecule has 3 aliphatic rings. The average molecular weight is 142 g/mol. The zero-order chi connectivity index (χ0) is 6.97. The summed E-state index contributed by atoms with van der Waals surface area (Å²) in [7, 11) is 0. The molecule has 1 N–H and O–H groups in total. The summed E-state index contributed by atoms with van der Waals surface area (Å²) < 4.78 is 5.14. The summed E-state index contributed by atoms with van der Waals surface area (Å²) in [6.45, 7) is -0.0931. The fraction of sp³-hybridized carbons (Fsp3) is 1.00. The molecule has 0 radical (unpaired) electrons. The lowest BCUT2D eigenvalue weighted by Crippen LogP contribution is -2.38. The summed E-state index contributed by atoms with van der Waals surface area (Å²) in [5, 5.41) is 8.50. The Morgan fingerprint density at radius 2 is 1.70 bits per heavy atom. The smallest absolute Gasteiger partial charge is 0.143 e. The first kappa shape index (κ1) is 6.62. The van der Waals surface area contributed by atoms with Crippen LogP contribution >= 0.6 is 0 Å². The minimum Gasteiger partial charge on any atom is -0.371 e. The van der Waals surface area contributed by atoms with E-state index in [9.17, 15) is 0 Å². The Kier molecular flexibility index (Phi) is 1.66. The topological polar surface area (TPSA) is 29.5 Å². The van der Waals surface area contributed by atoms with Crippen molar-refractivity contribution in [3.63, 3.8) is 0 Å². The summed E-state index contributed by atoms with van der Waals surface area (Å²) in [6, 6.07) is 0. The van der Waals surface area contributed by atoms with E-state index in [1.165, 1.54) is 25.7 Å². The molecule has 58 valence electrons. The predicted octanol–water partition coefficient (Wildman–Crippen LogP) is 1.14. The van der Waals surface area contributed by atoms with Crippen LogP contribution in [0.3, 0.4) is 0 Å². The van der Waals surface area contributed by atoms with Crippen molar-refractivity contribution < 1.29 is 9.84 Å². The van der Waals surface area contributed by atoms with Crippen LogP contribution in [0.5, 0.6) is 0 Å². The van der Waals surface area contributed by atoms with E-state index in [-0.39, 0.29) is 6.79 Å². The largest absolute Gasteiger partial charge is 0.371 e. The van der Waals surface area contributed by atoms with E-state index < -0.39 is 0 Å². The first-order chi connectivity index (χ1) is 4.88. The Balaban J connectivity index is 1.80. The number of fused-ring (bicyclic) bond motifs is 2. The second-order valence-electron chi connectivity index (χ2n) is 3.59. The molecule has 0 unspecified atom stereocenters. The van der Waals surface area contributed by atoms with Gasteiger partial charge in [-0.3, -0.25) is 0 Å². The lowest BCUT2D eigenvalue weighted by molar-refractivity contribution is -0.103. The summed E-state index contributed by atoms with van der Waals surface area (Å²) >= 11 is 0. The SMILES string of the molecule is OCOC1CC2CC(C2)C1. The molecule has 3 rings (SSSR count). The van der Waals surface area contributed by atoms with E-state index in [0.717, 1.165) is 11.8 Å². The Labute approximate surface area is 61.2 Å². The number of hydrogen-bond donors (Lipinski definition) is 1. The van der Waals surface area contributed by atoms with Crippen molar-refractivity contribution in [2.75, 3.05) is 6.79 Å². The molecule has 2 nitrogen and oxygen atoms in total. The highest BCUT2D eigenvalue weighted by molar-refractivity contribution is 4.89. The molecule has 0 heterocycles. The minimum atomic E-state index is -0.0931. The van der Waals surface area contributed by atoms with Gasteiger partial charge in [0.1, 0.15) is 6.79 Å². The molecule has 0 aromatic rings. The molecule has 0 aromatic carbocycles. The molecule has 0 aliphatic heterocycles. The third-order valence-electron chi connectivity index (χ3n) is 2.84. The molecule has 0 spiro atoms. The lowest BCUT2D eigenvalue weighted by Gasteiger charge is -2.44. The van der Waals surface area contributed by atoms with Crippen molar-refractivity contribution in [1.82, 2.24) is 0 Å². The van der Waals surface area contributed by atoms with Gasteiger partial charge in [0.2, 0.25) is 0 Å². The maximum atomic E-state index is 8.50. The number of rotatable bonds is 2. The summed E-state index contributed by atoms with van der Waals surface area (Å²) in [5.74, 6) is 1.85. The standard InChI is InChI=1S/C8H14O2/c9-5-10-8-3-6-1-7(2-6)4-8/h6-9H,1-5H2. The van der Waals surface area contributed by atoms with Gasteiger partial charge in [0, 0.05) is 0 Å². The molecule has 3 fully saturated rings. The number of aliphatic hydroxyl groups excluding tert-OH is 1. The van der Waals surface area contributed by atoms with E-state index >= 15 is 0 Å². The fourth-order valence-corrected chi connectivity index (χ4v) is 2.34.